The zero-order valence-electron chi connectivity index (χ0n) is 14.4. The standard InChI is InChI=1S/C19H14ClFN2O5/c20-14-9-12(3-6-15(14)21)22-16(24)10-28-19(27)11-1-4-13(5-2-11)23-17(25)7-8-18(23)26/h1-6,9H,7-8,10H2,(H,22,24). The Morgan fingerprint density at radius 1 is 1.07 bits per heavy atom. The second kappa shape index (κ2) is 8.18. The maximum absolute atomic E-state index is 13.1. The number of imide groups is 1. The van der Waals surface area contributed by atoms with Crippen LogP contribution in [0.25, 0.3) is 0 Å². The third kappa shape index (κ3) is 4.34. The minimum atomic E-state index is -0.752. The van der Waals surface area contributed by atoms with Gasteiger partial charge in [0.25, 0.3) is 5.91 Å². The van der Waals surface area contributed by atoms with Crippen LogP contribution in [0.5, 0.6) is 0 Å². The molecular weight excluding hydrogens is 391 g/mol. The Morgan fingerprint density at radius 3 is 2.32 bits per heavy atom. The lowest BCUT2D eigenvalue weighted by Gasteiger charge is -2.14. The molecule has 0 aliphatic carbocycles. The number of benzene rings is 2. The first kappa shape index (κ1) is 19.5. The molecule has 0 aromatic heterocycles. The van der Waals surface area contributed by atoms with Crippen LogP contribution in [0.2, 0.25) is 5.02 Å². The number of esters is 1. The molecule has 0 bridgehead atoms. The van der Waals surface area contributed by atoms with E-state index in [1.807, 2.05) is 0 Å². The lowest BCUT2D eigenvalue weighted by atomic mass is 10.2. The number of rotatable bonds is 5. The molecule has 1 heterocycles. The molecule has 1 saturated heterocycles. The molecule has 9 heteroatoms. The minimum absolute atomic E-state index is 0.148. The largest absolute Gasteiger partial charge is 0.452 e. The van der Waals surface area contributed by atoms with Gasteiger partial charge < -0.3 is 10.1 Å². The van der Waals surface area contributed by atoms with Crippen LogP contribution in [-0.2, 0) is 19.1 Å². The summed E-state index contributed by atoms with van der Waals surface area (Å²) in [6.07, 6.45) is 0.327. The molecule has 144 valence electrons. The van der Waals surface area contributed by atoms with Gasteiger partial charge in [-0.1, -0.05) is 11.6 Å². The van der Waals surface area contributed by atoms with Crippen LogP contribution in [0.3, 0.4) is 0 Å². The Hall–Kier alpha value is -3.26. The van der Waals surface area contributed by atoms with Gasteiger partial charge in [-0.15, -0.1) is 0 Å². The summed E-state index contributed by atoms with van der Waals surface area (Å²) in [5, 5.41) is 2.28. The SMILES string of the molecule is O=C(COC(=O)c1ccc(N2C(=O)CCC2=O)cc1)Nc1ccc(F)c(Cl)c1. The van der Waals surface area contributed by atoms with Crippen LogP contribution < -0.4 is 10.2 Å². The average molecular weight is 405 g/mol. The van der Waals surface area contributed by atoms with E-state index in [4.69, 9.17) is 16.3 Å². The van der Waals surface area contributed by atoms with E-state index >= 15 is 0 Å². The second-order valence-electron chi connectivity index (χ2n) is 5.92. The van der Waals surface area contributed by atoms with E-state index in [1.165, 1.54) is 36.4 Å². The van der Waals surface area contributed by atoms with Crippen molar-refractivity contribution in [2.45, 2.75) is 12.8 Å². The average Bonchev–Trinajstić information content (AvgIpc) is 3.01. The first-order valence-corrected chi connectivity index (χ1v) is 8.61. The molecular formula is C19H14ClFN2O5. The fraction of sp³-hybridized carbons (Fsp3) is 0.158. The molecule has 2 aromatic carbocycles. The van der Waals surface area contributed by atoms with Gasteiger partial charge >= 0.3 is 5.97 Å². The fourth-order valence-corrected chi connectivity index (χ4v) is 2.78. The van der Waals surface area contributed by atoms with Crippen LogP contribution in [0.4, 0.5) is 15.8 Å². The summed E-state index contributed by atoms with van der Waals surface area (Å²) in [4.78, 5) is 48.4. The van der Waals surface area contributed by atoms with E-state index in [0.29, 0.717) is 5.69 Å². The lowest BCUT2D eigenvalue weighted by molar-refractivity contribution is -0.121. The van der Waals surface area contributed by atoms with Gasteiger partial charge in [-0.2, -0.15) is 0 Å². The Balaban J connectivity index is 1.55. The number of hydrogen-bond acceptors (Lipinski definition) is 5. The van der Waals surface area contributed by atoms with E-state index in [-0.39, 0.29) is 40.9 Å². The molecule has 3 rings (SSSR count). The summed E-state index contributed by atoms with van der Waals surface area (Å²) in [6.45, 7) is -0.557. The number of hydrogen-bond donors (Lipinski definition) is 1. The molecule has 2 aromatic rings. The maximum atomic E-state index is 13.1. The smallest absolute Gasteiger partial charge is 0.338 e. The van der Waals surface area contributed by atoms with Crippen LogP contribution >= 0.6 is 11.6 Å². The molecule has 28 heavy (non-hydrogen) atoms. The van der Waals surface area contributed by atoms with Crippen LogP contribution in [0, 0.1) is 5.82 Å². The van der Waals surface area contributed by atoms with Crippen molar-refractivity contribution in [1.82, 2.24) is 0 Å². The summed E-state index contributed by atoms with van der Waals surface area (Å²) < 4.78 is 18.0. The second-order valence-corrected chi connectivity index (χ2v) is 6.33. The van der Waals surface area contributed by atoms with Gasteiger partial charge in [0, 0.05) is 18.5 Å². The van der Waals surface area contributed by atoms with E-state index in [1.54, 1.807) is 0 Å². The van der Waals surface area contributed by atoms with Crippen molar-refractivity contribution in [1.29, 1.82) is 0 Å². The van der Waals surface area contributed by atoms with Gasteiger partial charge in [0.2, 0.25) is 11.8 Å². The number of halogens is 2. The summed E-state index contributed by atoms with van der Waals surface area (Å²) in [7, 11) is 0. The first-order chi connectivity index (χ1) is 13.3. The highest BCUT2D eigenvalue weighted by atomic mass is 35.5. The van der Waals surface area contributed by atoms with E-state index in [2.05, 4.69) is 5.32 Å². The molecule has 1 fully saturated rings. The summed E-state index contributed by atoms with van der Waals surface area (Å²) in [6, 6.07) is 9.36. The third-order valence-electron chi connectivity index (χ3n) is 3.95. The number of nitrogens with one attached hydrogen (secondary N) is 1. The highest BCUT2D eigenvalue weighted by Gasteiger charge is 2.30. The summed E-state index contributed by atoms with van der Waals surface area (Å²) >= 11 is 5.63. The molecule has 7 nitrogen and oxygen atoms in total. The monoisotopic (exact) mass is 404 g/mol. The maximum Gasteiger partial charge on any atom is 0.338 e. The number of nitrogens with zero attached hydrogens (tertiary/aromatic N) is 1. The van der Waals surface area contributed by atoms with Crippen LogP contribution in [0.15, 0.2) is 42.5 Å². The third-order valence-corrected chi connectivity index (χ3v) is 4.24. The van der Waals surface area contributed by atoms with E-state index in [9.17, 15) is 23.6 Å². The van der Waals surface area contributed by atoms with Crippen molar-refractivity contribution in [3.05, 3.63) is 58.9 Å². The quantitative estimate of drug-likeness (QED) is 0.611. The van der Waals surface area contributed by atoms with Gasteiger partial charge in [-0.05, 0) is 42.5 Å². The van der Waals surface area contributed by atoms with Gasteiger partial charge in [0.15, 0.2) is 6.61 Å². The molecule has 0 saturated carbocycles. The summed E-state index contributed by atoms with van der Waals surface area (Å²) in [5.74, 6) is -2.58. The summed E-state index contributed by atoms with van der Waals surface area (Å²) in [5.41, 5.74) is 0.784. The topological polar surface area (TPSA) is 92.8 Å². The lowest BCUT2D eigenvalue weighted by Crippen LogP contribution is -2.28. The molecule has 3 amide bonds. The van der Waals surface area contributed by atoms with E-state index < -0.39 is 24.3 Å². The first-order valence-electron chi connectivity index (χ1n) is 8.23. The fourth-order valence-electron chi connectivity index (χ4n) is 2.60. The van der Waals surface area contributed by atoms with Crippen molar-refractivity contribution >= 4 is 46.7 Å². The predicted molar refractivity (Wildman–Crippen MR) is 98.5 cm³/mol. The van der Waals surface area contributed by atoms with Gasteiger partial charge in [0.05, 0.1) is 16.3 Å². The van der Waals surface area contributed by atoms with Crippen molar-refractivity contribution in [2.75, 3.05) is 16.8 Å². The number of carbonyl (C=O) groups excluding carboxylic acids is 4. The van der Waals surface area contributed by atoms with Crippen LogP contribution in [-0.4, -0.2) is 30.3 Å². The molecule has 1 aliphatic heterocycles. The number of amides is 3. The highest BCUT2D eigenvalue weighted by Crippen LogP contribution is 2.23. The molecule has 0 unspecified atom stereocenters. The van der Waals surface area contributed by atoms with E-state index in [0.717, 1.165) is 11.0 Å². The molecule has 0 spiro atoms. The van der Waals surface area contributed by atoms with Gasteiger partial charge in [0.1, 0.15) is 5.82 Å². The van der Waals surface area contributed by atoms with Gasteiger partial charge in [-0.3, -0.25) is 19.3 Å². The number of carbonyl (C=O) groups is 4. The van der Waals surface area contributed by atoms with Gasteiger partial charge in [-0.25, -0.2) is 9.18 Å². The Kier molecular flexibility index (Phi) is 5.70. The molecule has 1 N–H and O–H groups in total. The van der Waals surface area contributed by atoms with Crippen LogP contribution in [0.1, 0.15) is 23.2 Å². The number of ether oxygens (including phenoxy) is 1. The minimum Gasteiger partial charge on any atom is -0.452 e. The molecule has 1 aliphatic rings. The Morgan fingerprint density at radius 2 is 1.71 bits per heavy atom. The normalized spacial score (nSPS) is 13.6. The highest BCUT2D eigenvalue weighted by molar-refractivity contribution is 6.31. The molecule has 0 atom stereocenters. The Labute approximate surface area is 164 Å². The Bertz CT molecular complexity index is 945. The predicted octanol–water partition coefficient (Wildman–Crippen LogP) is 2.93. The van der Waals surface area contributed by atoms with Crippen molar-refractivity contribution in [2.24, 2.45) is 0 Å². The van der Waals surface area contributed by atoms with Crippen molar-refractivity contribution in [3.8, 4) is 0 Å². The number of anilines is 2. The van der Waals surface area contributed by atoms with Crippen molar-refractivity contribution in [3.63, 3.8) is 0 Å². The zero-order chi connectivity index (χ0) is 20.3. The zero-order valence-corrected chi connectivity index (χ0v) is 15.2. The van der Waals surface area contributed by atoms with Crippen molar-refractivity contribution < 1.29 is 28.3 Å². The molecule has 0 radical (unpaired) electrons.